The lowest BCUT2D eigenvalue weighted by Gasteiger charge is -2.36. The predicted octanol–water partition coefficient (Wildman–Crippen LogP) is 2.97. The summed E-state index contributed by atoms with van der Waals surface area (Å²) in [5, 5.41) is 4.10. The van der Waals surface area contributed by atoms with E-state index in [2.05, 4.69) is 15.1 Å². The van der Waals surface area contributed by atoms with E-state index in [1.54, 1.807) is 47.2 Å². The minimum atomic E-state index is -0.363. The Balaban J connectivity index is 1.79. The molecule has 28 heavy (non-hydrogen) atoms. The summed E-state index contributed by atoms with van der Waals surface area (Å²) < 4.78 is 16.1. The molecular weight excluding hydrogens is 359 g/mol. The lowest BCUT2D eigenvalue weighted by atomic mass is 9.93. The molecule has 1 atom stereocenters. The van der Waals surface area contributed by atoms with Crippen molar-refractivity contribution in [2.24, 2.45) is 7.05 Å². The van der Waals surface area contributed by atoms with Gasteiger partial charge >= 0.3 is 0 Å². The highest BCUT2D eigenvalue weighted by Gasteiger charge is 2.32. The molecule has 0 saturated carbocycles. The van der Waals surface area contributed by atoms with Crippen LogP contribution in [0.2, 0.25) is 0 Å². The van der Waals surface area contributed by atoms with Crippen LogP contribution in [0, 0.1) is 5.82 Å². The molecule has 1 amide bonds. The molecule has 8 heteroatoms. The number of nitrogens with two attached hydrogens (primary N) is 1. The smallest absolute Gasteiger partial charge is 0.257 e. The Morgan fingerprint density at radius 2 is 2.04 bits per heavy atom. The highest BCUT2D eigenvalue weighted by atomic mass is 19.1. The molecule has 2 N–H and O–H groups in total. The maximum Gasteiger partial charge on any atom is 0.257 e. The summed E-state index contributed by atoms with van der Waals surface area (Å²) in [6, 6.07) is 6.17. The average Bonchev–Trinajstić information content (AvgIpc) is 3.14. The molecule has 144 valence electrons. The summed E-state index contributed by atoms with van der Waals surface area (Å²) in [4.78, 5) is 23.4. The molecule has 0 bridgehead atoms. The van der Waals surface area contributed by atoms with Gasteiger partial charge < -0.3 is 10.6 Å². The van der Waals surface area contributed by atoms with Crippen molar-refractivity contribution in [1.29, 1.82) is 0 Å². The molecule has 1 aliphatic heterocycles. The van der Waals surface area contributed by atoms with Gasteiger partial charge in [0.2, 0.25) is 5.95 Å². The number of carbonyl (C=O) groups is 1. The van der Waals surface area contributed by atoms with Crippen LogP contribution in [0.5, 0.6) is 0 Å². The number of anilines is 1. The number of hydrogen-bond acceptors (Lipinski definition) is 5. The van der Waals surface area contributed by atoms with Crippen LogP contribution in [0.1, 0.15) is 41.4 Å². The van der Waals surface area contributed by atoms with Gasteiger partial charge in [-0.15, -0.1) is 0 Å². The first-order chi connectivity index (χ1) is 13.5. The Morgan fingerprint density at radius 3 is 2.79 bits per heavy atom. The first-order valence-electron chi connectivity index (χ1n) is 9.21. The second kappa shape index (κ2) is 7.38. The van der Waals surface area contributed by atoms with Crippen LogP contribution >= 0.6 is 0 Å². The summed E-state index contributed by atoms with van der Waals surface area (Å²) in [5.74, 6) is -0.373. The number of carbonyl (C=O) groups excluding carboxylic acids is 1. The molecule has 0 spiro atoms. The third-order valence-corrected chi connectivity index (χ3v) is 5.03. The van der Waals surface area contributed by atoms with Gasteiger partial charge in [0, 0.05) is 37.1 Å². The number of nitrogen functional groups attached to an aromatic ring is 1. The van der Waals surface area contributed by atoms with Crippen LogP contribution in [0.15, 0.2) is 42.9 Å². The normalized spacial score (nSPS) is 16.9. The molecule has 2 aromatic heterocycles. The molecule has 1 aliphatic rings. The van der Waals surface area contributed by atoms with Crippen molar-refractivity contribution in [3.63, 3.8) is 0 Å². The van der Waals surface area contributed by atoms with Crippen molar-refractivity contribution >= 4 is 11.9 Å². The highest BCUT2D eigenvalue weighted by Crippen LogP contribution is 2.37. The van der Waals surface area contributed by atoms with Crippen molar-refractivity contribution in [2.75, 3.05) is 12.3 Å². The van der Waals surface area contributed by atoms with Gasteiger partial charge in [-0.1, -0.05) is 18.2 Å². The number of benzene rings is 1. The lowest BCUT2D eigenvalue weighted by Crippen LogP contribution is -2.39. The Morgan fingerprint density at radius 1 is 1.21 bits per heavy atom. The average molecular weight is 380 g/mol. The highest BCUT2D eigenvalue weighted by molar-refractivity contribution is 5.94. The molecule has 3 aromatic rings. The van der Waals surface area contributed by atoms with Crippen LogP contribution in [0.4, 0.5) is 10.3 Å². The van der Waals surface area contributed by atoms with Gasteiger partial charge in [-0.25, -0.2) is 14.4 Å². The Bertz CT molecular complexity index is 1020. The summed E-state index contributed by atoms with van der Waals surface area (Å²) in [6.07, 6.45) is 7.36. The zero-order valence-corrected chi connectivity index (χ0v) is 15.5. The molecule has 1 saturated heterocycles. The number of halogens is 1. The van der Waals surface area contributed by atoms with Gasteiger partial charge in [-0.3, -0.25) is 9.48 Å². The van der Waals surface area contributed by atoms with Crippen LogP contribution in [0.3, 0.4) is 0 Å². The number of likely N-dealkylation sites (tertiary alicyclic amines) is 1. The summed E-state index contributed by atoms with van der Waals surface area (Å²) in [6.45, 7) is 0.596. The van der Waals surface area contributed by atoms with E-state index < -0.39 is 0 Å². The van der Waals surface area contributed by atoms with Crippen molar-refractivity contribution < 1.29 is 9.18 Å². The predicted molar refractivity (Wildman–Crippen MR) is 103 cm³/mol. The Hall–Kier alpha value is -3.29. The van der Waals surface area contributed by atoms with Crippen molar-refractivity contribution in [1.82, 2.24) is 24.6 Å². The van der Waals surface area contributed by atoms with Gasteiger partial charge in [-0.2, -0.15) is 5.10 Å². The number of aromatic nitrogens is 4. The Labute approximate surface area is 162 Å². The number of hydrogen-bond donors (Lipinski definition) is 1. The fourth-order valence-electron chi connectivity index (χ4n) is 3.71. The largest absolute Gasteiger partial charge is 0.368 e. The number of rotatable bonds is 3. The van der Waals surface area contributed by atoms with Crippen LogP contribution < -0.4 is 5.73 Å². The monoisotopic (exact) mass is 380 g/mol. The van der Waals surface area contributed by atoms with Gasteiger partial charge in [0.15, 0.2) is 0 Å². The minimum Gasteiger partial charge on any atom is -0.368 e. The zero-order valence-electron chi connectivity index (χ0n) is 15.5. The van der Waals surface area contributed by atoms with E-state index in [0.717, 1.165) is 19.3 Å². The number of piperidine rings is 1. The fourth-order valence-corrected chi connectivity index (χ4v) is 3.71. The van der Waals surface area contributed by atoms with E-state index in [0.29, 0.717) is 28.9 Å². The van der Waals surface area contributed by atoms with E-state index in [4.69, 9.17) is 5.73 Å². The SMILES string of the molecule is Cn1cc(C(=O)N2CCCC[C@H]2c2nc(N)ncc2-c2ccccc2F)cn1. The molecule has 4 rings (SSSR count). The molecule has 0 aliphatic carbocycles. The fraction of sp³-hybridized carbons (Fsp3) is 0.300. The molecule has 7 nitrogen and oxygen atoms in total. The third-order valence-electron chi connectivity index (χ3n) is 5.03. The van der Waals surface area contributed by atoms with Gasteiger partial charge in [0.1, 0.15) is 5.82 Å². The second-order valence-corrected chi connectivity index (χ2v) is 6.92. The van der Waals surface area contributed by atoms with Crippen molar-refractivity contribution in [2.45, 2.75) is 25.3 Å². The maximum atomic E-state index is 14.5. The quantitative estimate of drug-likeness (QED) is 0.754. The molecule has 1 aromatic carbocycles. The topological polar surface area (TPSA) is 89.9 Å². The van der Waals surface area contributed by atoms with E-state index >= 15 is 0 Å². The van der Waals surface area contributed by atoms with Crippen molar-refractivity contribution in [3.8, 4) is 11.1 Å². The lowest BCUT2D eigenvalue weighted by molar-refractivity contribution is 0.0606. The zero-order chi connectivity index (χ0) is 19.7. The summed E-state index contributed by atoms with van der Waals surface area (Å²) in [5.41, 5.74) is 7.91. The van der Waals surface area contributed by atoms with E-state index in [1.165, 1.54) is 12.3 Å². The first kappa shape index (κ1) is 18.1. The van der Waals surface area contributed by atoms with Gasteiger partial charge in [-0.05, 0) is 25.3 Å². The van der Waals surface area contributed by atoms with Crippen LogP contribution in [-0.2, 0) is 7.05 Å². The number of aryl methyl sites for hydroxylation is 1. The number of amides is 1. The second-order valence-electron chi connectivity index (χ2n) is 6.92. The minimum absolute atomic E-state index is 0.106. The first-order valence-corrected chi connectivity index (χ1v) is 9.21. The molecule has 1 fully saturated rings. The van der Waals surface area contributed by atoms with Crippen LogP contribution in [0.25, 0.3) is 11.1 Å². The van der Waals surface area contributed by atoms with Crippen molar-refractivity contribution in [3.05, 3.63) is 59.9 Å². The molecule has 0 unspecified atom stereocenters. The van der Waals surface area contributed by atoms with E-state index in [1.807, 2.05) is 0 Å². The van der Waals surface area contributed by atoms with Crippen LogP contribution in [-0.4, -0.2) is 37.1 Å². The maximum absolute atomic E-state index is 14.5. The molecular formula is C20H21FN6O. The summed E-state index contributed by atoms with van der Waals surface area (Å²) >= 11 is 0. The van der Waals surface area contributed by atoms with E-state index in [-0.39, 0.29) is 23.7 Å². The molecule has 0 radical (unpaired) electrons. The summed E-state index contributed by atoms with van der Waals surface area (Å²) in [7, 11) is 1.77. The molecule has 3 heterocycles. The third kappa shape index (κ3) is 3.33. The Kier molecular flexibility index (Phi) is 4.77. The van der Waals surface area contributed by atoms with E-state index in [9.17, 15) is 9.18 Å². The van der Waals surface area contributed by atoms with Gasteiger partial charge in [0.25, 0.3) is 5.91 Å². The number of nitrogens with zero attached hydrogens (tertiary/aromatic N) is 5. The van der Waals surface area contributed by atoms with Gasteiger partial charge in [0.05, 0.1) is 23.5 Å². The standard InChI is InChI=1S/C20H21FN6O/c1-26-12-13(10-24-26)19(28)27-9-5-4-8-17(27)18-15(11-23-20(22)25-18)14-6-2-3-7-16(14)21/h2-3,6-7,10-12,17H,4-5,8-9H2,1H3,(H2,22,23,25)/t17-/m0/s1.